The van der Waals surface area contributed by atoms with Gasteiger partial charge in [-0.05, 0) is 68.3 Å². The number of rotatable bonds is 10. The van der Waals surface area contributed by atoms with Crippen LogP contribution >= 0.6 is 11.3 Å². The van der Waals surface area contributed by atoms with Gasteiger partial charge in [-0.2, -0.15) is 4.31 Å². The Morgan fingerprint density at radius 2 is 1.58 bits per heavy atom. The van der Waals surface area contributed by atoms with E-state index in [2.05, 4.69) is 15.6 Å². The molecule has 1 aromatic heterocycles. The number of carboxylic acid groups (broad SMARTS) is 1. The van der Waals surface area contributed by atoms with Crippen molar-refractivity contribution in [3.63, 3.8) is 0 Å². The van der Waals surface area contributed by atoms with Gasteiger partial charge in [-0.1, -0.05) is 17.4 Å². The summed E-state index contributed by atoms with van der Waals surface area (Å²) in [5.41, 5.74) is -2.38. The number of aromatic hydroxyl groups is 4. The van der Waals surface area contributed by atoms with Gasteiger partial charge >= 0.3 is 11.9 Å². The zero-order valence-electron chi connectivity index (χ0n) is 27.9. The summed E-state index contributed by atoms with van der Waals surface area (Å²) < 4.78 is 34.5. The van der Waals surface area contributed by atoms with Crippen LogP contribution in [0.4, 0.5) is 5.13 Å². The van der Waals surface area contributed by atoms with Gasteiger partial charge in [-0.3, -0.25) is 14.4 Å². The molecule has 17 nitrogen and oxygen atoms in total. The molecule has 0 saturated carbocycles. The Kier molecular flexibility index (Phi) is 11.0. The largest absolute Gasteiger partial charge is 0.508 e. The molecule has 1 saturated heterocycles. The predicted molar refractivity (Wildman–Crippen MR) is 186 cm³/mol. The third-order valence-corrected chi connectivity index (χ3v) is 11.6. The summed E-state index contributed by atoms with van der Waals surface area (Å²) in [5.74, 6) is -7.86. The third-order valence-electron chi connectivity index (χ3n) is 8.12. The summed E-state index contributed by atoms with van der Waals surface area (Å²) in [7, 11) is -4.27. The number of thiazole rings is 1. The molecule has 1 fully saturated rings. The second kappa shape index (κ2) is 15.3. The van der Waals surface area contributed by atoms with E-state index in [1.54, 1.807) is 0 Å². The minimum Gasteiger partial charge on any atom is -0.508 e. The summed E-state index contributed by atoms with van der Waals surface area (Å²) >= 11 is 0.741. The number of esters is 1. The van der Waals surface area contributed by atoms with Gasteiger partial charge in [-0.25, -0.2) is 23.0 Å². The number of carboxylic acids is 1. The lowest BCUT2D eigenvalue weighted by atomic mass is 9.95. The van der Waals surface area contributed by atoms with Gasteiger partial charge in [0, 0.05) is 25.6 Å². The van der Waals surface area contributed by atoms with Crippen LogP contribution in [0.3, 0.4) is 0 Å². The van der Waals surface area contributed by atoms with Crippen molar-refractivity contribution >= 4 is 56.0 Å². The van der Waals surface area contributed by atoms with E-state index < -0.39 is 97.8 Å². The molecule has 4 aromatic rings. The van der Waals surface area contributed by atoms with E-state index in [1.165, 1.54) is 44.2 Å². The first-order chi connectivity index (χ1) is 25.0. The molecule has 2 amide bonds. The SMILES string of the molecule is CC(=O)Nc1nc(C)c(S(=O)(=O)N2CCC[C@@H](OC(=O)c3cc(O)c(C(=O)c4c(O)cccc4C(=O)O)c(O)c3)[C@H](NC(=O)c3ccc(O)cc3)C2)s1. The number of aromatic nitrogens is 1. The van der Waals surface area contributed by atoms with Crippen molar-refractivity contribution in [2.75, 3.05) is 18.4 Å². The lowest BCUT2D eigenvalue weighted by Gasteiger charge is -2.29. The summed E-state index contributed by atoms with van der Waals surface area (Å²) in [6, 6.07) is 8.83. The fraction of sp³-hybridized carbons (Fsp3) is 0.235. The third kappa shape index (κ3) is 8.21. The highest BCUT2D eigenvalue weighted by molar-refractivity contribution is 7.91. The van der Waals surface area contributed by atoms with Crippen molar-refractivity contribution < 1.29 is 62.7 Å². The van der Waals surface area contributed by atoms with Crippen molar-refractivity contribution in [3.8, 4) is 23.0 Å². The van der Waals surface area contributed by atoms with E-state index in [0.29, 0.717) is 0 Å². The fourth-order valence-corrected chi connectivity index (χ4v) is 8.75. The maximum absolute atomic E-state index is 13.9. The number of amides is 2. The Balaban J connectivity index is 1.45. The number of nitrogens with one attached hydrogen (secondary N) is 2. The van der Waals surface area contributed by atoms with E-state index in [1.807, 2.05) is 0 Å². The van der Waals surface area contributed by atoms with Crippen LogP contribution in [0.1, 0.15) is 72.5 Å². The van der Waals surface area contributed by atoms with Crippen LogP contribution in [0.25, 0.3) is 0 Å². The monoisotopic (exact) mass is 768 g/mol. The minimum absolute atomic E-state index is 0.0247. The Bertz CT molecular complexity index is 2210. The highest BCUT2D eigenvalue weighted by atomic mass is 32.2. The molecule has 53 heavy (non-hydrogen) atoms. The van der Waals surface area contributed by atoms with Crippen LogP contribution in [0.2, 0.25) is 0 Å². The van der Waals surface area contributed by atoms with E-state index in [-0.39, 0.29) is 45.7 Å². The topological polar surface area (TPSA) is 270 Å². The lowest BCUT2D eigenvalue weighted by molar-refractivity contribution is -0.114. The smallest absolute Gasteiger partial charge is 0.338 e. The highest BCUT2D eigenvalue weighted by Crippen LogP contribution is 2.36. The molecule has 0 spiro atoms. The summed E-state index contributed by atoms with van der Waals surface area (Å²) in [4.78, 5) is 67.4. The zero-order valence-corrected chi connectivity index (χ0v) is 29.5. The van der Waals surface area contributed by atoms with Gasteiger partial charge in [-0.15, -0.1) is 0 Å². The molecule has 1 aliphatic rings. The van der Waals surface area contributed by atoms with Crippen molar-refractivity contribution in [3.05, 3.63) is 88.1 Å². The molecular weight excluding hydrogens is 737 g/mol. The van der Waals surface area contributed by atoms with E-state index in [9.17, 15) is 57.9 Å². The van der Waals surface area contributed by atoms with Crippen LogP contribution in [0, 0.1) is 6.92 Å². The Morgan fingerprint density at radius 1 is 0.925 bits per heavy atom. The number of ether oxygens (including phenoxy) is 1. The van der Waals surface area contributed by atoms with Gasteiger partial charge in [0.1, 0.15) is 34.7 Å². The fourth-order valence-electron chi connectivity index (χ4n) is 5.65. The minimum atomic E-state index is -4.27. The molecular formula is C34H32N4O13S2. The number of hydrogen-bond acceptors (Lipinski definition) is 14. The molecule has 19 heteroatoms. The van der Waals surface area contributed by atoms with Crippen LogP contribution in [0.15, 0.2) is 58.8 Å². The molecule has 3 aromatic carbocycles. The Labute approximate surface area is 305 Å². The number of ketones is 1. The molecule has 0 bridgehead atoms. The van der Waals surface area contributed by atoms with Crippen LogP contribution in [-0.4, -0.2) is 98.0 Å². The number of hydrogen-bond donors (Lipinski definition) is 7. The first-order valence-corrected chi connectivity index (χ1v) is 18.0. The van der Waals surface area contributed by atoms with Crippen molar-refractivity contribution in [2.45, 2.75) is 43.0 Å². The quantitative estimate of drug-likeness (QED) is 0.0903. The first-order valence-electron chi connectivity index (χ1n) is 15.7. The van der Waals surface area contributed by atoms with E-state index in [4.69, 9.17) is 4.74 Å². The molecule has 2 atom stereocenters. The number of benzene rings is 3. The van der Waals surface area contributed by atoms with E-state index >= 15 is 0 Å². The van der Waals surface area contributed by atoms with E-state index in [0.717, 1.165) is 39.9 Å². The summed E-state index contributed by atoms with van der Waals surface area (Å²) in [5, 5.41) is 56.1. The summed E-state index contributed by atoms with van der Waals surface area (Å²) in [6.45, 7) is 2.23. The van der Waals surface area contributed by atoms with Gasteiger partial charge in [0.2, 0.25) is 11.7 Å². The van der Waals surface area contributed by atoms with Crippen molar-refractivity contribution in [2.24, 2.45) is 0 Å². The number of nitrogens with zero attached hydrogens (tertiary/aromatic N) is 2. The number of aromatic carboxylic acids is 1. The summed E-state index contributed by atoms with van der Waals surface area (Å²) in [6.07, 6.45) is -1.03. The number of phenolic OH excluding ortho intramolecular Hbond substituents is 4. The predicted octanol–water partition coefficient (Wildman–Crippen LogP) is 2.97. The number of sulfonamides is 1. The molecule has 0 radical (unpaired) electrons. The normalized spacial score (nSPS) is 16.3. The molecule has 1 aliphatic heterocycles. The average Bonchev–Trinajstić information content (AvgIpc) is 3.33. The van der Waals surface area contributed by atoms with Crippen LogP contribution < -0.4 is 10.6 Å². The number of aryl methyl sites for hydroxylation is 1. The average molecular weight is 769 g/mol. The Hall–Kier alpha value is -6.05. The maximum atomic E-state index is 13.9. The van der Waals surface area contributed by atoms with Gasteiger partial charge in [0.25, 0.3) is 15.9 Å². The first kappa shape index (κ1) is 38.2. The molecule has 2 heterocycles. The van der Waals surface area contributed by atoms with Gasteiger partial charge in [0.05, 0.1) is 28.4 Å². The van der Waals surface area contributed by atoms with Crippen molar-refractivity contribution in [1.29, 1.82) is 0 Å². The molecule has 0 aliphatic carbocycles. The second-order valence-corrected chi connectivity index (χ2v) is 15.0. The standard InChI is InChI=1S/C34H32N4O13S2/c1-16-33(52-34(35-16)36-17(2)39)53(49,50)38-12-4-7-26(22(15-38)37-30(45)18-8-10-20(40)11-9-18)51-32(48)19-13-24(42)28(25(43)14-19)29(44)27-21(31(46)47)5-3-6-23(27)41/h3,5-6,8-11,13-14,22,26,40-43H,4,7,12,15H2,1-2H3,(H,37,45)(H,46,47)(H,35,36,39)/t22-,26-/m1/s1. The van der Waals surface area contributed by atoms with Crippen LogP contribution in [0.5, 0.6) is 23.0 Å². The number of carbonyl (C=O) groups is 5. The number of phenols is 4. The maximum Gasteiger partial charge on any atom is 0.338 e. The van der Waals surface area contributed by atoms with Gasteiger partial charge < -0.3 is 40.9 Å². The van der Waals surface area contributed by atoms with Gasteiger partial charge in [0.15, 0.2) is 9.34 Å². The number of carbonyl (C=O) groups excluding carboxylic acids is 4. The highest BCUT2D eigenvalue weighted by Gasteiger charge is 2.38. The van der Waals surface area contributed by atoms with Crippen LogP contribution in [-0.2, 0) is 19.6 Å². The Morgan fingerprint density at radius 3 is 2.21 bits per heavy atom. The lowest BCUT2D eigenvalue weighted by Crippen LogP contribution is -2.51. The van der Waals surface area contributed by atoms with Crippen molar-refractivity contribution in [1.82, 2.24) is 14.6 Å². The molecule has 5 rings (SSSR count). The zero-order chi connectivity index (χ0) is 38.8. The molecule has 278 valence electrons. The molecule has 7 N–H and O–H groups in total. The second-order valence-electron chi connectivity index (χ2n) is 11.9. The number of anilines is 1. The molecule has 0 unspecified atom stereocenters.